The largest absolute Gasteiger partial charge is 2.00 e. The molecule has 7 aromatic carbocycles. The first kappa shape index (κ1) is 27.4. The average Bonchev–Trinajstić information content (AvgIpc) is 3.18. The molecule has 3 heteroatoms. The Balaban J connectivity index is 0.000000192. The fourth-order valence-electron chi connectivity index (χ4n) is 4.44. The number of rotatable bonds is 6. The number of hydrogen-bond donors (Lipinski definition) is 0. The molecule has 0 saturated carbocycles. The predicted octanol–water partition coefficient (Wildman–Crippen LogP) is 8.37. The maximum Gasteiger partial charge on any atom is 2.00 e. The van der Waals surface area contributed by atoms with Crippen molar-refractivity contribution in [3.63, 3.8) is 0 Å². The van der Waals surface area contributed by atoms with E-state index in [0.717, 1.165) is 10.6 Å². The number of benzene rings is 7. The molecule has 222 valence electrons. The van der Waals surface area contributed by atoms with Gasteiger partial charge in [-0.25, -0.2) is 0 Å². The minimum atomic E-state index is -1.23. The zero-order chi connectivity index (χ0) is 34.4. The summed E-state index contributed by atoms with van der Waals surface area (Å²) >= 11 is 0. The van der Waals surface area contributed by atoms with Crippen LogP contribution in [0.25, 0.3) is 0 Å². The number of hydrogen-bond acceptors (Lipinski definition) is 0. The Hall–Kier alpha value is -3.94. The van der Waals surface area contributed by atoms with Crippen LogP contribution in [0, 0.1) is 6.07 Å². The zero-order valence-electron chi connectivity index (χ0n) is 29.5. The van der Waals surface area contributed by atoms with E-state index >= 15 is 0 Å². The van der Waals surface area contributed by atoms with Crippen molar-refractivity contribution in [2.24, 2.45) is 0 Å². The van der Waals surface area contributed by atoms with E-state index < -0.39 is 15.8 Å². The third-order valence-corrected chi connectivity index (χ3v) is 11.1. The van der Waals surface area contributed by atoms with E-state index in [1.54, 1.807) is 0 Å². The van der Waals surface area contributed by atoms with Crippen LogP contribution in [0.3, 0.4) is 0 Å². The summed E-state index contributed by atoms with van der Waals surface area (Å²) in [5, 5.41) is 6.47. The maximum atomic E-state index is 8.31. The minimum Gasteiger partial charge on any atom is -0.184 e. The van der Waals surface area contributed by atoms with Crippen LogP contribution < -0.4 is 31.8 Å². The van der Waals surface area contributed by atoms with E-state index in [4.69, 9.17) is 6.85 Å². The van der Waals surface area contributed by atoms with Gasteiger partial charge >= 0.3 is 20.4 Å². The molecule has 45 heavy (non-hydrogen) atoms. The first-order valence-corrected chi connectivity index (χ1v) is 17.0. The van der Waals surface area contributed by atoms with Crippen LogP contribution in [-0.2, 0) is 20.4 Å². The molecule has 0 aromatic heterocycles. The molecule has 0 aliphatic heterocycles. The molecule has 0 amide bonds. The van der Waals surface area contributed by atoms with E-state index in [1.165, 1.54) is 15.9 Å². The van der Waals surface area contributed by atoms with Gasteiger partial charge < -0.3 is 0 Å². The molecule has 7 rings (SSSR count). The van der Waals surface area contributed by atoms with Gasteiger partial charge in [0, 0.05) is 0 Å². The third kappa shape index (κ3) is 10.6. The zero-order valence-corrected chi connectivity index (χ0v) is 27.9. The van der Waals surface area contributed by atoms with E-state index in [-0.39, 0.29) is 50.6 Å². The Kier molecular flexibility index (Phi) is 11.8. The molecule has 0 nitrogen and oxygen atoms in total. The van der Waals surface area contributed by atoms with Crippen LogP contribution in [0.4, 0.5) is 0 Å². The Labute approximate surface area is 292 Å². The van der Waals surface area contributed by atoms with E-state index in [0.29, 0.717) is 5.30 Å². The van der Waals surface area contributed by atoms with Gasteiger partial charge in [-0.15, -0.1) is 0 Å². The first-order chi connectivity index (χ1) is 24.0. The Morgan fingerprint density at radius 2 is 0.600 bits per heavy atom. The normalized spacial score (nSPS) is 11.6. The summed E-state index contributed by atoms with van der Waals surface area (Å²) in [5.41, 5.74) is 0. The van der Waals surface area contributed by atoms with Crippen LogP contribution >= 0.6 is 15.8 Å². The molecule has 0 bridgehead atoms. The maximum absolute atomic E-state index is 8.31. The van der Waals surface area contributed by atoms with Crippen LogP contribution in [0.2, 0.25) is 0 Å². The summed E-state index contributed by atoms with van der Waals surface area (Å²) in [5.74, 6) is 0. The quantitative estimate of drug-likeness (QED) is 0.0924. The van der Waals surface area contributed by atoms with Crippen molar-refractivity contribution in [3.8, 4) is 0 Å². The summed E-state index contributed by atoms with van der Waals surface area (Å²) in [6.45, 7) is 0. The Morgan fingerprint density at radius 3 is 0.844 bits per heavy atom. The second kappa shape index (κ2) is 19.4. The fourth-order valence-corrected chi connectivity index (χ4v) is 8.83. The molecule has 0 fully saturated rings. The molecule has 7 aromatic rings. The summed E-state index contributed by atoms with van der Waals surface area (Å²) in [6, 6.07) is 62.9. The van der Waals surface area contributed by atoms with Crippen LogP contribution in [0.1, 0.15) is 6.85 Å². The van der Waals surface area contributed by atoms with Crippen molar-refractivity contribution in [1.82, 2.24) is 0 Å². The van der Waals surface area contributed by atoms with Gasteiger partial charge in [0.2, 0.25) is 0 Å². The molecule has 0 N–H and O–H groups in total. The van der Waals surface area contributed by atoms with Crippen molar-refractivity contribution in [2.75, 3.05) is 0 Å². The predicted molar refractivity (Wildman–Crippen MR) is 196 cm³/mol. The van der Waals surface area contributed by atoms with Gasteiger partial charge in [-0.3, -0.25) is 0 Å². The van der Waals surface area contributed by atoms with Crippen molar-refractivity contribution >= 4 is 47.7 Å². The molecule has 0 aliphatic carbocycles. The van der Waals surface area contributed by atoms with Gasteiger partial charge in [0.05, 0.1) is 6.85 Å². The van der Waals surface area contributed by atoms with Gasteiger partial charge in [-0.1, -0.05) is 182 Å². The van der Waals surface area contributed by atoms with Gasteiger partial charge in [0.1, 0.15) is 0 Å². The molecule has 0 radical (unpaired) electrons. The standard InChI is InChI=1S/2C18H15P.C6H5.Pd/c2*1-4-10-16(11-5-1)19(17-12-6-2-7-13-17)18-14-8-3-9-15-18;1-2-4-6-5-3-1;/h2*1-15H;1-5H;/q;;-1;+2/i1D,4D,5D,10D,11D;;;. The third-order valence-electron chi connectivity index (χ3n) is 6.39. The van der Waals surface area contributed by atoms with Gasteiger partial charge in [-0.2, -0.15) is 36.4 Å². The summed E-state index contributed by atoms with van der Waals surface area (Å²) in [6.07, 6.45) is 0. The molecule has 0 saturated heterocycles. The van der Waals surface area contributed by atoms with Crippen LogP contribution in [0.5, 0.6) is 0 Å². The van der Waals surface area contributed by atoms with Gasteiger partial charge in [0.15, 0.2) is 0 Å². The Bertz CT molecular complexity index is 1820. The SMILES string of the molecule is [2H]c1c([2H])c([2H])c(P(c2ccccc2)c2ccccc2)c([2H])c1[2H].[Pd+2].[c-]1ccccc1.c1ccc(P(c2ccccc2)c2ccccc2)cc1. The minimum absolute atomic E-state index is 0. The van der Waals surface area contributed by atoms with Gasteiger partial charge in [0.25, 0.3) is 0 Å². The smallest absolute Gasteiger partial charge is 0.184 e. The molecule has 0 atom stereocenters. The summed E-state index contributed by atoms with van der Waals surface area (Å²) in [4.78, 5) is 0. The van der Waals surface area contributed by atoms with E-state index in [1.807, 2.05) is 91.0 Å². The summed E-state index contributed by atoms with van der Waals surface area (Å²) in [7, 11) is -1.68. The van der Waals surface area contributed by atoms with Crippen molar-refractivity contribution < 1.29 is 27.3 Å². The van der Waals surface area contributed by atoms with E-state index in [9.17, 15) is 0 Å². The second-order valence-electron chi connectivity index (χ2n) is 9.40. The van der Waals surface area contributed by atoms with Crippen molar-refractivity contribution in [1.29, 1.82) is 0 Å². The molecular weight excluding hydrogens is 673 g/mol. The molecule has 0 heterocycles. The molecule has 0 aliphatic rings. The molecule has 0 spiro atoms. The Morgan fingerprint density at radius 1 is 0.333 bits per heavy atom. The molecule has 0 unspecified atom stereocenters. The van der Waals surface area contributed by atoms with Crippen LogP contribution in [-0.4, -0.2) is 0 Å². The average molecular weight is 713 g/mol. The first-order valence-electron chi connectivity index (χ1n) is 16.8. The van der Waals surface area contributed by atoms with Crippen LogP contribution in [0.15, 0.2) is 212 Å². The van der Waals surface area contributed by atoms with Crippen molar-refractivity contribution in [2.45, 2.75) is 0 Å². The van der Waals surface area contributed by atoms with Crippen molar-refractivity contribution in [3.05, 3.63) is 218 Å². The topological polar surface area (TPSA) is 0 Å². The fraction of sp³-hybridized carbons (Fsp3) is 0. The summed E-state index contributed by atoms with van der Waals surface area (Å²) < 4.78 is 40.3. The van der Waals surface area contributed by atoms with E-state index in [2.05, 4.69) is 97.1 Å². The monoisotopic (exact) mass is 712 g/mol. The van der Waals surface area contributed by atoms with Gasteiger partial charge in [-0.05, 0) is 47.7 Å². The molecular formula is C42H35P2Pd+. The second-order valence-corrected chi connectivity index (χ2v) is 13.8.